The van der Waals surface area contributed by atoms with Crippen LogP contribution in [0.1, 0.15) is 96.5 Å². The average molecular weight is 541 g/mol. The summed E-state index contributed by atoms with van der Waals surface area (Å²) >= 11 is 1.40. The number of hydrogen-bond acceptors (Lipinski definition) is 6. The molecule has 3 aliphatic rings. The zero-order chi connectivity index (χ0) is 26.8. The van der Waals surface area contributed by atoms with Gasteiger partial charge in [-0.25, -0.2) is 9.37 Å². The number of aromatic nitrogens is 1. The number of rotatable bonds is 8. The zero-order valence-electron chi connectivity index (χ0n) is 22.2. The number of nitrogens with zero attached hydrogens (tertiary/aromatic N) is 2. The summed E-state index contributed by atoms with van der Waals surface area (Å²) in [7, 11) is 1.74. The fraction of sp³-hybridized carbons (Fsp3) is 0.586. The molecule has 2 N–H and O–H groups in total. The van der Waals surface area contributed by atoms with E-state index < -0.39 is 6.04 Å². The molecule has 1 aromatic carbocycles. The molecular formula is C29H37FN4O3S. The lowest BCUT2D eigenvalue weighted by atomic mass is 9.83. The minimum atomic E-state index is -0.554. The van der Waals surface area contributed by atoms with Crippen LogP contribution < -0.4 is 10.6 Å². The molecule has 2 aliphatic carbocycles. The first-order valence-corrected chi connectivity index (χ1v) is 14.9. The van der Waals surface area contributed by atoms with Crippen molar-refractivity contribution in [3.05, 3.63) is 50.7 Å². The van der Waals surface area contributed by atoms with E-state index in [0.717, 1.165) is 61.9 Å². The topological polar surface area (TPSA) is 91.4 Å². The molecule has 2 fully saturated rings. The van der Waals surface area contributed by atoms with Gasteiger partial charge < -0.3 is 15.5 Å². The molecule has 2 aromatic rings. The maximum atomic E-state index is 14.2. The first-order chi connectivity index (χ1) is 18.4. The second-order valence-corrected chi connectivity index (χ2v) is 11.8. The van der Waals surface area contributed by atoms with Crippen molar-refractivity contribution in [1.29, 1.82) is 0 Å². The molecule has 7 nitrogen and oxygen atoms in total. The maximum Gasteiger partial charge on any atom is 0.246 e. The number of fused-ring (bicyclic) bond motifs is 1. The molecule has 2 heterocycles. The summed E-state index contributed by atoms with van der Waals surface area (Å²) in [6.45, 7) is 2.40. The molecule has 1 aliphatic heterocycles. The fourth-order valence-electron chi connectivity index (χ4n) is 6.28. The predicted octanol–water partition coefficient (Wildman–Crippen LogP) is 4.34. The van der Waals surface area contributed by atoms with Crippen molar-refractivity contribution >= 4 is 28.9 Å². The number of hydrogen-bond donors (Lipinski definition) is 2. The molecule has 0 radical (unpaired) electrons. The van der Waals surface area contributed by atoms with Gasteiger partial charge in [-0.05, 0) is 88.1 Å². The van der Waals surface area contributed by atoms with Crippen LogP contribution in [0.4, 0.5) is 4.39 Å². The van der Waals surface area contributed by atoms with Gasteiger partial charge in [0.15, 0.2) is 0 Å². The second-order valence-electron chi connectivity index (χ2n) is 10.9. The van der Waals surface area contributed by atoms with Crippen LogP contribution in [0.25, 0.3) is 0 Å². The quantitative estimate of drug-likeness (QED) is 0.486. The summed E-state index contributed by atoms with van der Waals surface area (Å²) in [4.78, 5) is 46.7. The van der Waals surface area contributed by atoms with E-state index in [1.165, 1.54) is 17.4 Å². The van der Waals surface area contributed by atoms with E-state index in [0.29, 0.717) is 36.2 Å². The lowest BCUT2D eigenvalue weighted by Crippen LogP contribution is -2.55. The molecule has 204 valence electrons. The first-order valence-electron chi connectivity index (χ1n) is 14.0. The number of carbonyl (C=O) groups is 3. The standard InChI is InChI=1S/C29H37FN4O3S/c1-17(31-2)27(36)33-25(18-8-4-3-5-9-18)29(37)34-15-7-12-24(34)28-32-23(16-38-28)26(35)21-13-14-22(30)20-11-6-10-19(20)21/h13-14,16-18,24-25,31H,3-12,15H2,1-2H3,(H,33,36)/t17-,24-,25-/m0/s1. The van der Waals surface area contributed by atoms with Crippen LogP contribution in [-0.4, -0.2) is 53.2 Å². The Morgan fingerprint density at radius 2 is 1.82 bits per heavy atom. The Hall–Kier alpha value is -2.65. The molecule has 0 unspecified atom stereocenters. The van der Waals surface area contributed by atoms with Gasteiger partial charge in [-0.15, -0.1) is 11.3 Å². The molecule has 0 spiro atoms. The summed E-state index contributed by atoms with van der Waals surface area (Å²) in [5.41, 5.74) is 2.35. The van der Waals surface area contributed by atoms with Gasteiger partial charge in [-0.2, -0.15) is 0 Å². The van der Waals surface area contributed by atoms with Crippen LogP contribution in [0.3, 0.4) is 0 Å². The highest BCUT2D eigenvalue weighted by Crippen LogP contribution is 2.37. The van der Waals surface area contributed by atoms with Crippen LogP contribution in [0.15, 0.2) is 17.5 Å². The minimum Gasteiger partial charge on any atom is -0.343 e. The number of thiazole rings is 1. The van der Waals surface area contributed by atoms with E-state index in [2.05, 4.69) is 10.6 Å². The number of likely N-dealkylation sites (N-methyl/N-ethyl adjacent to an activating group) is 1. The number of carbonyl (C=O) groups excluding carboxylic acids is 3. The monoisotopic (exact) mass is 540 g/mol. The lowest BCUT2D eigenvalue weighted by molar-refractivity contribution is -0.139. The molecule has 9 heteroatoms. The van der Waals surface area contributed by atoms with E-state index >= 15 is 0 Å². The Kier molecular flexibility index (Phi) is 8.23. The van der Waals surface area contributed by atoms with E-state index in [-0.39, 0.29) is 41.4 Å². The maximum absolute atomic E-state index is 14.2. The van der Waals surface area contributed by atoms with Gasteiger partial charge in [0.2, 0.25) is 17.6 Å². The summed E-state index contributed by atoms with van der Waals surface area (Å²) in [5, 5.41) is 8.54. The largest absolute Gasteiger partial charge is 0.343 e. The molecule has 3 atom stereocenters. The van der Waals surface area contributed by atoms with Crippen molar-refractivity contribution in [2.24, 2.45) is 5.92 Å². The smallest absolute Gasteiger partial charge is 0.246 e. The number of amides is 2. The summed E-state index contributed by atoms with van der Waals surface area (Å²) in [6, 6.07) is 1.82. The second kappa shape index (κ2) is 11.6. The Balaban J connectivity index is 1.36. The number of nitrogens with one attached hydrogen (secondary N) is 2. The number of benzene rings is 1. The number of likely N-dealkylation sites (tertiary alicyclic amines) is 1. The van der Waals surface area contributed by atoms with Crippen molar-refractivity contribution < 1.29 is 18.8 Å². The highest BCUT2D eigenvalue weighted by atomic mass is 32.1. The van der Waals surface area contributed by atoms with E-state index in [4.69, 9.17) is 4.98 Å². The Morgan fingerprint density at radius 1 is 1.05 bits per heavy atom. The van der Waals surface area contributed by atoms with Gasteiger partial charge in [0.05, 0.1) is 12.1 Å². The highest BCUT2D eigenvalue weighted by Gasteiger charge is 2.40. The van der Waals surface area contributed by atoms with E-state index in [1.807, 2.05) is 4.90 Å². The molecule has 0 bridgehead atoms. The molecule has 38 heavy (non-hydrogen) atoms. The van der Waals surface area contributed by atoms with E-state index in [9.17, 15) is 18.8 Å². The fourth-order valence-corrected chi connectivity index (χ4v) is 7.23. The minimum absolute atomic E-state index is 0.0458. The Bertz CT molecular complexity index is 1210. The van der Waals surface area contributed by atoms with Crippen molar-refractivity contribution in [2.45, 2.75) is 89.3 Å². The third kappa shape index (κ3) is 5.27. The van der Waals surface area contributed by atoms with Gasteiger partial charge in [0.25, 0.3) is 0 Å². The molecule has 1 saturated heterocycles. The van der Waals surface area contributed by atoms with Crippen LogP contribution in [0.5, 0.6) is 0 Å². The van der Waals surface area contributed by atoms with Crippen LogP contribution in [0, 0.1) is 11.7 Å². The van der Waals surface area contributed by atoms with Crippen molar-refractivity contribution in [1.82, 2.24) is 20.5 Å². The van der Waals surface area contributed by atoms with Crippen molar-refractivity contribution in [3.63, 3.8) is 0 Å². The van der Waals surface area contributed by atoms with Gasteiger partial charge in [0.1, 0.15) is 22.6 Å². The number of halogens is 1. The molecular weight excluding hydrogens is 503 g/mol. The normalized spacial score (nSPS) is 21.2. The van der Waals surface area contributed by atoms with Crippen LogP contribution in [-0.2, 0) is 22.4 Å². The van der Waals surface area contributed by atoms with Crippen LogP contribution in [0.2, 0.25) is 0 Å². The average Bonchev–Trinajstić information content (AvgIpc) is 3.71. The third-order valence-corrected chi connectivity index (χ3v) is 9.51. The van der Waals surface area contributed by atoms with Gasteiger partial charge >= 0.3 is 0 Å². The SMILES string of the molecule is CN[C@@H](C)C(=O)N[C@H](C(=O)N1CCC[C@H]1c1nc(C(=O)c2ccc(F)c3c2CCC3)cs1)C1CCCCC1. The molecule has 1 saturated carbocycles. The predicted molar refractivity (Wildman–Crippen MR) is 145 cm³/mol. The zero-order valence-corrected chi connectivity index (χ0v) is 23.0. The Morgan fingerprint density at radius 3 is 2.58 bits per heavy atom. The summed E-state index contributed by atoms with van der Waals surface area (Å²) in [5.74, 6) is -0.511. The Labute approximate surface area is 227 Å². The summed E-state index contributed by atoms with van der Waals surface area (Å²) < 4.78 is 14.2. The molecule has 2 amide bonds. The van der Waals surface area contributed by atoms with E-state index in [1.54, 1.807) is 25.4 Å². The van der Waals surface area contributed by atoms with Crippen molar-refractivity contribution in [3.8, 4) is 0 Å². The van der Waals surface area contributed by atoms with Crippen molar-refractivity contribution in [2.75, 3.05) is 13.6 Å². The lowest BCUT2D eigenvalue weighted by Gasteiger charge is -2.35. The van der Waals surface area contributed by atoms with Gasteiger partial charge in [0, 0.05) is 17.5 Å². The number of ketones is 1. The molecule has 1 aromatic heterocycles. The summed E-state index contributed by atoms with van der Waals surface area (Å²) in [6.07, 6.45) is 9.01. The van der Waals surface area contributed by atoms with Gasteiger partial charge in [-0.1, -0.05) is 19.3 Å². The highest BCUT2D eigenvalue weighted by molar-refractivity contribution is 7.10. The van der Waals surface area contributed by atoms with Gasteiger partial charge in [-0.3, -0.25) is 14.4 Å². The molecule has 5 rings (SSSR count). The third-order valence-electron chi connectivity index (χ3n) is 8.56. The van der Waals surface area contributed by atoms with Crippen LogP contribution >= 0.6 is 11.3 Å². The first kappa shape index (κ1) is 26.9.